The third-order valence-corrected chi connectivity index (χ3v) is 5.41. The average molecular weight is 570 g/mol. The van der Waals surface area contributed by atoms with Crippen LogP contribution in [0.1, 0.15) is 21.5 Å². The lowest BCUT2D eigenvalue weighted by Crippen LogP contribution is -2.18. The minimum Gasteiger partial charge on any atom is -0.488 e. The molecule has 0 spiro atoms. The summed E-state index contributed by atoms with van der Waals surface area (Å²) >= 11 is 11.7. The van der Waals surface area contributed by atoms with Gasteiger partial charge in [-0.25, -0.2) is 5.43 Å². The molecule has 0 saturated heterocycles. The molecule has 0 aliphatic carbocycles. The summed E-state index contributed by atoms with van der Waals surface area (Å²) in [5, 5.41) is 4.60. The Kier molecular flexibility index (Phi) is 7.47. The molecule has 142 valence electrons. The first-order valence-corrected chi connectivity index (χ1v) is 10.5. The molecular formula is C21H15BrClIN2O2. The van der Waals surface area contributed by atoms with Gasteiger partial charge >= 0.3 is 0 Å². The van der Waals surface area contributed by atoms with Crippen molar-refractivity contribution in [3.8, 4) is 5.75 Å². The number of benzene rings is 3. The number of amides is 1. The van der Waals surface area contributed by atoms with E-state index < -0.39 is 0 Å². The van der Waals surface area contributed by atoms with E-state index in [0.717, 1.165) is 5.56 Å². The maximum atomic E-state index is 12.2. The van der Waals surface area contributed by atoms with Crippen molar-refractivity contribution >= 4 is 62.2 Å². The van der Waals surface area contributed by atoms with Crippen molar-refractivity contribution in [3.63, 3.8) is 0 Å². The smallest absolute Gasteiger partial charge is 0.272 e. The monoisotopic (exact) mass is 568 g/mol. The van der Waals surface area contributed by atoms with Gasteiger partial charge in [0.2, 0.25) is 0 Å². The highest BCUT2D eigenvalue weighted by molar-refractivity contribution is 14.1. The Labute approximate surface area is 190 Å². The normalized spacial score (nSPS) is 10.8. The number of hydrogen-bond acceptors (Lipinski definition) is 3. The zero-order chi connectivity index (χ0) is 19.9. The van der Waals surface area contributed by atoms with Crippen molar-refractivity contribution in [3.05, 3.63) is 96.5 Å². The Morgan fingerprint density at radius 3 is 2.64 bits per heavy atom. The highest BCUT2D eigenvalue weighted by Crippen LogP contribution is 2.23. The Morgan fingerprint density at radius 2 is 1.89 bits per heavy atom. The average Bonchev–Trinajstić information content (AvgIpc) is 2.69. The molecule has 0 aliphatic heterocycles. The van der Waals surface area contributed by atoms with Gasteiger partial charge in [0.05, 0.1) is 11.8 Å². The lowest BCUT2D eigenvalue weighted by atomic mass is 10.2. The fraction of sp³-hybridized carbons (Fsp3) is 0.0476. The van der Waals surface area contributed by atoms with E-state index in [2.05, 4.69) is 49.0 Å². The zero-order valence-electron chi connectivity index (χ0n) is 14.5. The van der Waals surface area contributed by atoms with Gasteiger partial charge in [0.15, 0.2) is 0 Å². The second kappa shape index (κ2) is 10.0. The van der Waals surface area contributed by atoms with Crippen molar-refractivity contribution in [2.45, 2.75) is 6.61 Å². The van der Waals surface area contributed by atoms with Gasteiger partial charge in [-0.1, -0.05) is 35.9 Å². The third-order valence-electron chi connectivity index (χ3n) is 3.77. The van der Waals surface area contributed by atoms with E-state index in [1.165, 1.54) is 9.78 Å². The Hall–Kier alpha value is -1.90. The van der Waals surface area contributed by atoms with Gasteiger partial charge in [0.25, 0.3) is 5.91 Å². The number of rotatable bonds is 6. The fourth-order valence-electron chi connectivity index (χ4n) is 2.36. The lowest BCUT2D eigenvalue weighted by molar-refractivity contribution is 0.0954. The van der Waals surface area contributed by atoms with Crippen LogP contribution in [0.25, 0.3) is 0 Å². The molecule has 7 heteroatoms. The van der Waals surface area contributed by atoms with Crippen molar-refractivity contribution in [2.75, 3.05) is 0 Å². The van der Waals surface area contributed by atoms with Crippen LogP contribution >= 0.6 is 50.1 Å². The van der Waals surface area contributed by atoms with Crippen molar-refractivity contribution in [2.24, 2.45) is 5.10 Å². The SMILES string of the molecule is O=C(N/N=C/c1cc(Cl)ccc1OCc1ccc(I)cc1)c1ccccc1Br. The summed E-state index contributed by atoms with van der Waals surface area (Å²) in [4.78, 5) is 12.2. The van der Waals surface area contributed by atoms with E-state index >= 15 is 0 Å². The Bertz CT molecular complexity index is 1010. The fourth-order valence-corrected chi connectivity index (χ4v) is 3.36. The van der Waals surface area contributed by atoms with Gasteiger partial charge in [-0.2, -0.15) is 5.10 Å². The number of halogens is 3. The highest BCUT2D eigenvalue weighted by atomic mass is 127. The number of ether oxygens (including phenoxy) is 1. The maximum Gasteiger partial charge on any atom is 0.272 e. The molecule has 3 aromatic carbocycles. The molecule has 3 rings (SSSR count). The van der Waals surface area contributed by atoms with Crippen molar-refractivity contribution in [1.29, 1.82) is 0 Å². The topological polar surface area (TPSA) is 50.7 Å². The standard InChI is InChI=1S/C21H15BrClIN2O2/c22-19-4-2-1-3-18(19)21(27)26-25-12-15-11-16(23)7-10-20(15)28-13-14-5-8-17(24)9-6-14/h1-12H,13H2,(H,26,27)/b25-12+. The van der Waals surface area contributed by atoms with Crippen LogP contribution in [-0.2, 0) is 6.61 Å². The minimum atomic E-state index is -0.313. The second-order valence-corrected chi connectivity index (χ2v) is 8.31. The van der Waals surface area contributed by atoms with Gasteiger partial charge in [0.1, 0.15) is 12.4 Å². The Morgan fingerprint density at radius 1 is 1.14 bits per heavy atom. The van der Waals surface area contributed by atoms with Crippen LogP contribution in [0.15, 0.2) is 76.3 Å². The van der Waals surface area contributed by atoms with Gasteiger partial charge in [-0.15, -0.1) is 0 Å². The first-order valence-electron chi connectivity index (χ1n) is 8.27. The van der Waals surface area contributed by atoms with E-state index in [1.807, 2.05) is 30.3 Å². The van der Waals surface area contributed by atoms with Crippen LogP contribution in [0.2, 0.25) is 5.02 Å². The van der Waals surface area contributed by atoms with E-state index in [9.17, 15) is 4.79 Å². The number of carbonyl (C=O) groups excluding carboxylic acids is 1. The molecular weight excluding hydrogens is 555 g/mol. The summed E-state index contributed by atoms with van der Waals surface area (Å²) in [5.74, 6) is 0.314. The molecule has 1 N–H and O–H groups in total. The number of nitrogens with one attached hydrogen (secondary N) is 1. The summed E-state index contributed by atoms with van der Waals surface area (Å²) in [5.41, 5.74) is 4.74. The summed E-state index contributed by atoms with van der Waals surface area (Å²) in [7, 11) is 0. The molecule has 0 aliphatic rings. The summed E-state index contributed by atoms with van der Waals surface area (Å²) in [6.45, 7) is 0.419. The van der Waals surface area contributed by atoms with E-state index in [4.69, 9.17) is 16.3 Å². The zero-order valence-corrected chi connectivity index (χ0v) is 19.0. The van der Waals surface area contributed by atoms with Gasteiger partial charge in [0, 0.05) is 18.6 Å². The van der Waals surface area contributed by atoms with Crippen LogP contribution in [0.4, 0.5) is 0 Å². The van der Waals surface area contributed by atoms with Crippen molar-refractivity contribution < 1.29 is 9.53 Å². The lowest BCUT2D eigenvalue weighted by Gasteiger charge is -2.10. The third kappa shape index (κ3) is 5.80. The first kappa shape index (κ1) is 20.8. The van der Waals surface area contributed by atoms with Crippen molar-refractivity contribution in [1.82, 2.24) is 5.43 Å². The molecule has 0 radical (unpaired) electrons. The molecule has 0 atom stereocenters. The Balaban J connectivity index is 1.69. The number of carbonyl (C=O) groups is 1. The molecule has 0 unspecified atom stereocenters. The number of hydrogen-bond donors (Lipinski definition) is 1. The van der Waals surface area contributed by atoms with Gasteiger partial charge < -0.3 is 4.74 Å². The predicted molar refractivity (Wildman–Crippen MR) is 124 cm³/mol. The van der Waals surface area contributed by atoms with Crippen LogP contribution < -0.4 is 10.2 Å². The van der Waals surface area contributed by atoms with Crippen LogP contribution in [-0.4, -0.2) is 12.1 Å². The van der Waals surface area contributed by atoms with Gasteiger partial charge in [-0.05, 0) is 86.5 Å². The number of hydrazone groups is 1. The van der Waals surface area contributed by atoms with E-state index in [1.54, 1.807) is 36.4 Å². The van der Waals surface area contributed by atoms with Crippen LogP contribution in [0.5, 0.6) is 5.75 Å². The van der Waals surface area contributed by atoms with Gasteiger partial charge in [-0.3, -0.25) is 4.79 Å². The van der Waals surface area contributed by atoms with Crippen LogP contribution in [0, 0.1) is 3.57 Å². The molecule has 0 bridgehead atoms. The molecule has 1 amide bonds. The molecule has 28 heavy (non-hydrogen) atoms. The summed E-state index contributed by atoms with van der Waals surface area (Å²) in [6, 6.07) is 20.5. The quantitative estimate of drug-likeness (QED) is 0.223. The molecule has 4 nitrogen and oxygen atoms in total. The van der Waals surface area contributed by atoms with Crippen LogP contribution in [0.3, 0.4) is 0 Å². The van der Waals surface area contributed by atoms with E-state index in [0.29, 0.717) is 33.0 Å². The predicted octanol–water partition coefficient (Wildman–Crippen LogP) is 6.05. The molecule has 0 aromatic heterocycles. The van der Waals surface area contributed by atoms with E-state index in [-0.39, 0.29) is 5.91 Å². The number of nitrogens with zero attached hydrogens (tertiary/aromatic N) is 1. The highest BCUT2D eigenvalue weighted by Gasteiger charge is 2.08. The maximum absolute atomic E-state index is 12.2. The molecule has 0 heterocycles. The largest absolute Gasteiger partial charge is 0.488 e. The summed E-state index contributed by atoms with van der Waals surface area (Å²) in [6.07, 6.45) is 1.52. The molecule has 0 fully saturated rings. The second-order valence-electron chi connectivity index (χ2n) is 5.78. The summed E-state index contributed by atoms with van der Waals surface area (Å²) < 4.78 is 7.78. The first-order chi connectivity index (χ1) is 13.5. The molecule has 3 aromatic rings. The molecule has 0 saturated carbocycles. The minimum absolute atomic E-state index is 0.313.